The molecule has 0 radical (unpaired) electrons. The molecule has 2 saturated heterocycles. The van der Waals surface area contributed by atoms with Gasteiger partial charge in [-0.1, -0.05) is 37.8 Å². The Kier molecular flexibility index (Phi) is 8.96. The first-order valence-corrected chi connectivity index (χ1v) is 12.1. The summed E-state index contributed by atoms with van der Waals surface area (Å²) in [5.74, 6) is 0.210. The Morgan fingerprint density at radius 3 is 2.32 bits per heavy atom. The zero-order valence-corrected chi connectivity index (χ0v) is 19.7. The average molecular weight is 450 g/mol. The van der Waals surface area contributed by atoms with E-state index >= 15 is 0 Å². The molecule has 0 unspecified atom stereocenters. The predicted octanol–water partition coefficient (Wildman–Crippen LogP) is 3.21. The summed E-state index contributed by atoms with van der Waals surface area (Å²) in [6, 6.07) is 0. The Hall–Kier alpha value is -1.86. The third-order valence-corrected chi connectivity index (χ3v) is 6.63. The van der Waals surface area contributed by atoms with E-state index in [1.165, 1.54) is 12.8 Å². The predicted molar refractivity (Wildman–Crippen MR) is 124 cm³/mol. The van der Waals surface area contributed by atoms with Gasteiger partial charge in [-0.25, -0.2) is 0 Å². The number of carbonyl (C=O) groups is 2. The molecule has 0 aliphatic carbocycles. The maximum atomic E-state index is 12.7. The van der Waals surface area contributed by atoms with Crippen LogP contribution in [-0.2, 0) is 16.1 Å². The Bertz CT molecular complexity index is 775. The summed E-state index contributed by atoms with van der Waals surface area (Å²) >= 11 is 6.46. The van der Waals surface area contributed by atoms with Crippen molar-refractivity contribution in [2.24, 2.45) is 0 Å². The second-order valence-electron chi connectivity index (χ2n) is 8.60. The number of aryl methyl sites for hydroxylation is 2. The summed E-state index contributed by atoms with van der Waals surface area (Å²) in [5, 5.41) is 5.08. The first-order chi connectivity index (χ1) is 15.0. The summed E-state index contributed by atoms with van der Waals surface area (Å²) in [6.45, 7) is 9.81. The average Bonchev–Trinajstić information content (AvgIpc) is 2.95. The molecular formula is C23H36ClN5O2. The standard InChI is InChI=1S/C23H36ClN5O2/c1-3-4-13-29-23(24)20(19(2)25-29)9-10-21(30)28-16-14-26(15-17-28)18-22(31)27-11-7-5-6-8-12-27/h9-10H,3-8,11-18H2,1-2H3/b10-9+. The van der Waals surface area contributed by atoms with E-state index in [1.54, 1.807) is 12.2 Å². The van der Waals surface area contributed by atoms with Gasteiger partial charge in [0.2, 0.25) is 11.8 Å². The van der Waals surface area contributed by atoms with Crippen LogP contribution in [0.25, 0.3) is 6.08 Å². The minimum atomic E-state index is -0.0183. The number of amides is 2. The highest BCUT2D eigenvalue weighted by Crippen LogP contribution is 2.22. The van der Waals surface area contributed by atoms with Gasteiger partial charge in [0.25, 0.3) is 0 Å². The summed E-state index contributed by atoms with van der Waals surface area (Å²) in [6.07, 6.45) is 10.2. The van der Waals surface area contributed by atoms with Crippen molar-refractivity contribution >= 4 is 29.5 Å². The Morgan fingerprint density at radius 1 is 1.00 bits per heavy atom. The lowest BCUT2D eigenvalue weighted by molar-refractivity contribution is -0.133. The number of likely N-dealkylation sites (tertiary alicyclic amines) is 1. The van der Waals surface area contributed by atoms with Gasteiger partial charge in [0.1, 0.15) is 5.15 Å². The zero-order chi connectivity index (χ0) is 22.2. The summed E-state index contributed by atoms with van der Waals surface area (Å²) in [5.41, 5.74) is 1.65. The lowest BCUT2D eigenvalue weighted by Gasteiger charge is -2.34. The molecule has 0 bridgehead atoms. The van der Waals surface area contributed by atoms with E-state index in [1.807, 2.05) is 21.4 Å². The first kappa shape index (κ1) is 23.8. The van der Waals surface area contributed by atoms with Crippen LogP contribution in [0.4, 0.5) is 0 Å². The highest BCUT2D eigenvalue weighted by molar-refractivity contribution is 6.31. The van der Waals surface area contributed by atoms with E-state index in [0.717, 1.165) is 69.7 Å². The van der Waals surface area contributed by atoms with Crippen molar-refractivity contribution in [3.8, 4) is 0 Å². The largest absolute Gasteiger partial charge is 0.342 e. The summed E-state index contributed by atoms with van der Waals surface area (Å²) in [7, 11) is 0. The van der Waals surface area contributed by atoms with Crippen LogP contribution in [0.2, 0.25) is 5.15 Å². The normalized spacial score (nSPS) is 18.5. The first-order valence-electron chi connectivity index (χ1n) is 11.7. The summed E-state index contributed by atoms with van der Waals surface area (Å²) < 4.78 is 1.81. The number of nitrogens with zero attached hydrogens (tertiary/aromatic N) is 5. The van der Waals surface area contributed by atoms with Crippen molar-refractivity contribution in [1.82, 2.24) is 24.5 Å². The summed E-state index contributed by atoms with van der Waals surface area (Å²) in [4.78, 5) is 31.3. The van der Waals surface area contributed by atoms with Crippen LogP contribution < -0.4 is 0 Å². The number of piperazine rings is 1. The van der Waals surface area contributed by atoms with Crippen molar-refractivity contribution in [2.45, 2.75) is 58.9 Å². The molecule has 0 spiro atoms. The van der Waals surface area contributed by atoms with Gasteiger partial charge in [-0.3, -0.25) is 19.2 Å². The Morgan fingerprint density at radius 2 is 1.68 bits per heavy atom. The van der Waals surface area contributed by atoms with E-state index < -0.39 is 0 Å². The van der Waals surface area contributed by atoms with E-state index in [0.29, 0.717) is 24.8 Å². The molecule has 172 valence electrons. The minimum absolute atomic E-state index is 0.0183. The van der Waals surface area contributed by atoms with Crippen molar-refractivity contribution in [2.75, 3.05) is 45.8 Å². The molecule has 2 amide bonds. The molecule has 2 fully saturated rings. The van der Waals surface area contributed by atoms with Crippen LogP contribution in [-0.4, -0.2) is 82.1 Å². The van der Waals surface area contributed by atoms with Crippen LogP contribution in [0.1, 0.15) is 56.7 Å². The number of aromatic nitrogens is 2. The van der Waals surface area contributed by atoms with Crippen molar-refractivity contribution in [1.29, 1.82) is 0 Å². The third kappa shape index (κ3) is 6.56. The van der Waals surface area contributed by atoms with Crippen LogP contribution >= 0.6 is 11.6 Å². The van der Waals surface area contributed by atoms with Gasteiger partial charge in [0.15, 0.2) is 0 Å². The second-order valence-corrected chi connectivity index (χ2v) is 8.95. The van der Waals surface area contributed by atoms with E-state index in [-0.39, 0.29) is 11.8 Å². The highest BCUT2D eigenvalue weighted by atomic mass is 35.5. The van der Waals surface area contributed by atoms with Crippen LogP contribution in [0.15, 0.2) is 6.08 Å². The van der Waals surface area contributed by atoms with Crippen LogP contribution in [0.5, 0.6) is 0 Å². The molecule has 2 aliphatic heterocycles. The number of halogens is 1. The molecule has 3 heterocycles. The molecule has 3 rings (SSSR count). The molecule has 7 nitrogen and oxygen atoms in total. The number of hydrogen-bond acceptors (Lipinski definition) is 4. The molecule has 2 aliphatic rings. The molecule has 0 aromatic carbocycles. The fourth-order valence-corrected chi connectivity index (χ4v) is 4.53. The van der Waals surface area contributed by atoms with Gasteiger partial charge < -0.3 is 9.80 Å². The molecule has 31 heavy (non-hydrogen) atoms. The number of unbranched alkanes of at least 4 members (excludes halogenated alkanes) is 1. The topological polar surface area (TPSA) is 61.7 Å². The lowest BCUT2D eigenvalue weighted by Crippen LogP contribution is -2.51. The van der Waals surface area contributed by atoms with Crippen molar-refractivity contribution in [3.05, 3.63) is 22.5 Å². The van der Waals surface area contributed by atoms with E-state index in [2.05, 4.69) is 16.9 Å². The molecule has 0 N–H and O–H groups in total. The van der Waals surface area contributed by atoms with Gasteiger partial charge in [-0.05, 0) is 32.3 Å². The van der Waals surface area contributed by atoms with Gasteiger partial charge in [0, 0.05) is 57.5 Å². The van der Waals surface area contributed by atoms with E-state index in [4.69, 9.17) is 11.6 Å². The second kappa shape index (κ2) is 11.7. The Balaban J connectivity index is 1.48. The quantitative estimate of drug-likeness (QED) is 0.599. The molecule has 0 saturated carbocycles. The van der Waals surface area contributed by atoms with Gasteiger partial charge in [-0.2, -0.15) is 5.10 Å². The number of carbonyl (C=O) groups excluding carboxylic acids is 2. The lowest BCUT2D eigenvalue weighted by atomic mass is 10.2. The molecular weight excluding hydrogens is 414 g/mol. The molecule has 1 aromatic heterocycles. The molecule has 1 aromatic rings. The SMILES string of the molecule is CCCCn1nc(C)c(/C=C/C(=O)N2CCN(CC(=O)N3CCCCCC3)CC2)c1Cl. The van der Waals surface area contributed by atoms with Gasteiger partial charge in [-0.15, -0.1) is 0 Å². The van der Waals surface area contributed by atoms with Crippen molar-refractivity contribution in [3.63, 3.8) is 0 Å². The fraction of sp³-hybridized carbons (Fsp3) is 0.696. The monoisotopic (exact) mass is 449 g/mol. The fourth-order valence-electron chi connectivity index (χ4n) is 4.21. The van der Waals surface area contributed by atoms with Crippen molar-refractivity contribution < 1.29 is 9.59 Å². The van der Waals surface area contributed by atoms with Gasteiger partial charge >= 0.3 is 0 Å². The smallest absolute Gasteiger partial charge is 0.246 e. The van der Waals surface area contributed by atoms with Gasteiger partial charge in [0.05, 0.1) is 12.2 Å². The Labute approximate surface area is 191 Å². The minimum Gasteiger partial charge on any atom is -0.342 e. The van der Waals surface area contributed by atoms with Crippen LogP contribution in [0.3, 0.4) is 0 Å². The number of hydrogen-bond donors (Lipinski definition) is 0. The number of rotatable bonds is 7. The van der Waals surface area contributed by atoms with Crippen LogP contribution in [0, 0.1) is 6.92 Å². The zero-order valence-electron chi connectivity index (χ0n) is 19.0. The molecule has 0 atom stereocenters. The van der Waals surface area contributed by atoms with E-state index in [9.17, 15) is 9.59 Å². The third-order valence-electron chi connectivity index (χ3n) is 6.23. The highest BCUT2D eigenvalue weighted by Gasteiger charge is 2.24. The molecule has 8 heteroatoms. The maximum Gasteiger partial charge on any atom is 0.246 e. The maximum absolute atomic E-state index is 12.7.